The SMILES string of the molecule is CCCCCCCCCCCCCCCCNC(=O)CN(CC(N)=O)C(=O)CCCCCCC(=O)C(Cc1c[nH]c2ccccc12)NC(=O)C(CCCN=C(N)N)CC(=O)C(CSCC)NC(=O)C(CCCN=C(N)N)CC(=O)CC1CCCN1C(=O)C(NC(=O)C(CC(=O)C(NC(=O)CCCOC=O)C(C)O)Cc1cnc[nH]1)C(c1ccccc1)c1ccccc1. The quantitative estimate of drug-likeness (QED) is 0.00749. The molecule has 8 amide bonds. The molecular formula is C94H141N17O15S. The van der Waals surface area contributed by atoms with Crippen molar-refractivity contribution in [3.8, 4) is 0 Å². The largest absolute Gasteiger partial charge is 0.468 e. The number of benzene rings is 3. The van der Waals surface area contributed by atoms with Crippen LogP contribution < -0.4 is 55.3 Å². The van der Waals surface area contributed by atoms with Crippen LogP contribution in [0.15, 0.2) is 114 Å². The van der Waals surface area contributed by atoms with Crippen molar-refractivity contribution in [2.75, 3.05) is 57.4 Å². The number of nitrogens with zero attached hydrogens (tertiary/aromatic N) is 5. The predicted octanol–water partition coefficient (Wildman–Crippen LogP) is 8.57. The highest BCUT2D eigenvalue weighted by Crippen LogP contribution is 2.34. The molecule has 1 saturated heterocycles. The van der Waals surface area contributed by atoms with Crippen molar-refractivity contribution < 1.29 is 72.2 Å². The summed E-state index contributed by atoms with van der Waals surface area (Å²) in [4.78, 5) is 204. The van der Waals surface area contributed by atoms with Gasteiger partial charge in [0.05, 0.1) is 43.6 Å². The Morgan fingerprint density at radius 3 is 1.75 bits per heavy atom. The fraction of sp³-hybridized carbons (Fsp3) is 0.596. The first-order valence-corrected chi connectivity index (χ1v) is 46.9. The number of aliphatic imine (C=N–C) groups is 2. The number of hydrogen-bond acceptors (Lipinski definition) is 19. The van der Waals surface area contributed by atoms with Crippen molar-refractivity contribution in [1.82, 2.24) is 51.3 Å². The van der Waals surface area contributed by atoms with Gasteiger partial charge in [-0.3, -0.25) is 72.3 Å². The third-order valence-corrected chi connectivity index (χ3v) is 24.2. The van der Waals surface area contributed by atoms with Crippen LogP contribution in [0, 0.1) is 17.8 Å². The van der Waals surface area contributed by atoms with Crippen LogP contribution in [0.1, 0.15) is 255 Å². The van der Waals surface area contributed by atoms with E-state index >= 15 is 24.0 Å². The van der Waals surface area contributed by atoms with E-state index < -0.39 is 126 Å². The number of aliphatic hydroxyl groups is 1. The molecule has 0 aliphatic carbocycles. The number of ether oxygens (including phenoxy) is 1. The van der Waals surface area contributed by atoms with Gasteiger partial charge in [0.25, 0.3) is 6.47 Å². The minimum Gasteiger partial charge on any atom is -0.468 e. The van der Waals surface area contributed by atoms with Gasteiger partial charge in [-0.15, -0.1) is 0 Å². The number of fused-ring (bicyclic) bond motifs is 1. The maximum atomic E-state index is 15.9. The summed E-state index contributed by atoms with van der Waals surface area (Å²) in [5.74, 6) is -10.3. The lowest BCUT2D eigenvalue weighted by Gasteiger charge is -2.35. The molecule has 9 atom stereocenters. The Morgan fingerprint density at radius 1 is 0.598 bits per heavy atom. The summed E-state index contributed by atoms with van der Waals surface area (Å²) in [5, 5.41) is 26.3. The molecule has 0 spiro atoms. The number of nitrogens with two attached hydrogens (primary N) is 5. The standard InChI is InChI=1S/C94H141N17O15S/c1-4-6-7-8-9-10-11-12-13-14-15-16-19-30-47-101-84(120)61-110(60-82(95)118)85(121)46-27-18-17-26-44-79(115)77(54-71-58-104-76-43-29-28-42-75(71)76)106-90(123)69(40-32-49-103-94(98)99)55-80(116)78(62-127-5-2)107-89(122)68(39-31-48-102-93(96)97)53-74(114)57-73-41-33-50-111(73)92(125)88(86(66-35-22-20-23-36-66)67-37-24-21-25-38-67)109-91(124)70(52-72-59-100-63-105-72)56-81(117)87(65(3)113)108-83(119)45-34-51-126-64-112/h20-25,28-29,35-38,42-43,58-59,63-65,68-70,73,77-78,86-88,104,113H,4-19,26-27,30-34,39-41,44-57,60-62H2,1-3H3,(H2,95,118)(H,100,105)(H,101,120)(H,106,123)(H,107,122)(H,108,119)(H,109,124)(H4,96,97,102)(H4,98,99,103). The topological polar surface area (TPSA) is 517 Å². The van der Waals surface area contributed by atoms with Crippen LogP contribution in [-0.2, 0) is 79.9 Å². The van der Waals surface area contributed by atoms with E-state index in [-0.39, 0.29) is 158 Å². The molecule has 33 heteroatoms. The molecule has 32 nitrogen and oxygen atoms in total. The van der Waals surface area contributed by atoms with Gasteiger partial charge in [-0.25, -0.2) is 4.98 Å². The van der Waals surface area contributed by atoms with Crippen molar-refractivity contribution in [2.24, 2.45) is 56.4 Å². The number of carbonyl (C=O) groups is 13. The van der Waals surface area contributed by atoms with Gasteiger partial charge in [0.2, 0.25) is 47.3 Å². The number of amides is 8. The van der Waals surface area contributed by atoms with Gasteiger partial charge in [-0.1, -0.05) is 189 Å². The summed E-state index contributed by atoms with van der Waals surface area (Å²) < 4.78 is 4.71. The molecule has 1 aliphatic heterocycles. The number of thioether (sulfide) groups is 1. The van der Waals surface area contributed by atoms with Gasteiger partial charge in [0, 0.05) is 143 Å². The van der Waals surface area contributed by atoms with E-state index in [1.54, 1.807) is 35.4 Å². The molecular weight excluding hydrogens is 1640 g/mol. The number of primary amides is 1. The van der Waals surface area contributed by atoms with Crippen LogP contribution in [0.25, 0.3) is 10.9 Å². The highest BCUT2D eigenvalue weighted by atomic mass is 32.2. The zero-order chi connectivity index (χ0) is 92.1. The average molecular weight is 1780 g/mol. The summed E-state index contributed by atoms with van der Waals surface area (Å²) >= 11 is 1.37. The number of aromatic amines is 2. The van der Waals surface area contributed by atoms with Crippen molar-refractivity contribution >= 4 is 111 Å². The lowest BCUT2D eigenvalue weighted by Crippen LogP contribution is -2.55. The van der Waals surface area contributed by atoms with E-state index in [1.165, 1.54) is 100 Å². The molecule has 2 aromatic heterocycles. The zero-order valence-corrected chi connectivity index (χ0v) is 75.6. The molecule has 1 fully saturated rings. The zero-order valence-electron chi connectivity index (χ0n) is 74.8. The lowest BCUT2D eigenvalue weighted by atomic mass is 9.83. The number of aliphatic hydroxyl groups excluding tert-OH is 1. The second-order valence-electron chi connectivity index (χ2n) is 33.4. The van der Waals surface area contributed by atoms with E-state index in [4.69, 9.17) is 33.4 Å². The number of para-hydroxylation sites is 1. The summed E-state index contributed by atoms with van der Waals surface area (Å²) in [6.07, 6.45) is 22.3. The molecule has 18 N–H and O–H groups in total. The van der Waals surface area contributed by atoms with Gasteiger partial charge in [-0.05, 0) is 99.6 Å². The van der Waals surface area contributed by atoms with Gasteiger partial charge in [0.15, 0.2) is 29.3 Å². The third kappa shape index (κ3) is 39.9. The Bertz CT molecular complexity index is 4220. The van der Waals surface area contributed by atoms with Crippen molar-refractivity contribution in [2.45, 2.75) is 281 Å². The van der Waals surface area contributed by atoms with Gasteiger partial charge >= 0.3 is 0 Å². The molecule has 0 saturated carbocycles. The maximum Gasteiger partial charge on any atom is 0.293 e. The molecule has 3 aromatic carbocycles. The number of hydrogen-bond donors (Lipinski definition) is 13. The van der Waals surface area contributed by atoms with E-state index in [2.05, 4.69) is 58.4 Å². The number of nitrogens with one attached hydrogen (secondary N) is 7. The molecule has 3 heterocycles. The molecule has 5 aromatic rings. The Hall–Kier alpha value is -10.8. The number of carbonyl (C=O) groups excluding carboxylic acids is 13. The highest BCUT2D eigenvalue weighted by Gasteiger charge is 2.43. The van der Waals surface area contributed by atoms with E-state index in [9.17, 15) is 43.5 Å². The summed E-state index contributed by atoms with van der Waals surface area (Å²) in [6.45, 7) is 5.78. The van der Waals surface area contributed by atoms with Crippen LogP contribution in [0.5, 0.6) is 0 Å². The Labute approximate surface area is 752 Å². The van der Waals surface area contributed by atoms with E-state index in [0.717, 1.165) is 42.1 Å². The van der Waals surface area contributed by atoms with Crippen LogP contribution in [-0.4, -0.2) is 212 Å². The highest BCUT2D eigenvalue weighted by molar-refractivity contribution is 7.99. The molecule has 1 aliphatic rings. The van der Waals surface area contributed by atoms with Crippen molar-refractivity contribution in [1.29, 1.82) is 0 Å². The minimum absolute atomic E-state index is 0.0430. The Balaban J connectivity index is 1.15. The molecule has 0 radical (unpaired) electrons. The number of ketones is 4. The summed E-state index contributed by atoms with van der Waals surface area (Å²) in [6, 6.07) is 19.9. The summed E-state index contributed by atoms with van der Waals surface area (Å²) in [7, 11) is 0. The number of imidazole rings is 1. The number of H-pyrrole nitrogens is 2. The van der Waals surface area contributed by atoms with Crippen molar-refractivity contribution in [3.05, 3.63) is 126 Å². The predicted molar refractivity (Wildman–Crippen MR) is 493 cm³/mol. The molecule has 698 valence electrons. The lowest BCUT2D eigenvalue weighted by molar-refractivity contribution is -0.140. The monoisotopic (exact) mass is 1780 g/mol. The Morgan fingerprint density at radius 2 is 1.17 bits per heavy atom. The fourth-order valence-electron chi connectivity index (χ4n) is 16.3. The minimum atomic E-state index is -1.44. The first-order valence-electron chi connectivity index (χ1n) is 45.8. The first-order chi connectivity index (χ1) is 61.3. The number of aromatic nitrogens is 3. The third-order valence-electron chi connectivity index (χ3n) is 23.2. The second-order valence-corrected chi connectivity index (χ2v) is 34.7. The van der Waals surface area contributed by atoms with Crippen LogP contribution in [0.2, 0.25) is 0 Å². The van der Waals surface area contributed by atoms with Gasteiger partial charge in [-0.2, -0.15) is 11.8 Å². The fourth-order valence-corrected chi connectivity index (χ4v) is 17.1. The van der Waals surface area contributed by atoms with Crippen LogP contribution >= 0.6 is 11.8 Å². The van der Waals surface area contributed by atoms with Crippen molar-refractivity contribution in [3.63, 3.8) is 0 Å². The maximum absolute atomic E-state index is 15.9. The first kappa shape index (κ1) is 105. The Kier molecular flexibility index (Phi) is 49.6. The van der Waals surface area contributed by atoms with Crippen LogP contribution in [0.4, 0.5) is 0 Å². The smallest absolute Gasteiger partial charge is 0.293 e. The number of likely N-dealkylation sites (tertiary alicyclic amines) is 1. The molecule has 9 unspecified atom stereocenters. The molecule has 6 rings (SSSR count). The van der Waals surface area contributed by atoms with E-state index in [0.29, 0.717) is 67.6 Å². The molecule has 127 heavy (non-hydrogen) atoms. The molecule has 0 bridgehead atoms. The van der Waals surface area contributed by atoms with Gasteiger partial charge < -0.3 is 84.9 Å². The number of guanidine groups is 2. The second kappa shape index (κ2) is 60.0. The van der Waals surface area contributed by atoms with E-state index in [1.807, 2.05) is 67.6 Å². The normalized spacial score (nSPS) is 14.4. The van der Waals surface area contributed by atoms with Crippen LogP contribution in [0.3, 0.4) is 0 Å². The summed E-state index contributed by atoms with van der Waals surface area (Å²) in [5.41, 5.74) is 31.8. The number of rotatable bonds is 69. The number of unbranched alkanes of at least 4 members (excludes halogenated alkanes) is 16. The average Bonchev–Trinajstić information content (AvgIpc) is 1.78. The van der Waals surface area contributed by atoms with Gasteiger partial charge in [0.1, 0.15) is 24.4 Å². The number of Topliss-reactive ketones (excluding diaryl/α,β-unsaturated/α-hetero) is 4.